The lowest BCUT2D eigenvalue weighted by atomic mass is 9.91. The summed E-state index contributed by atoms with van der Waals surface area (Å²) in [6.45, 7) is 2.08. The van der Waals surface area contributed by atoms with E-state index in [0.717, 1.165) is 25.9 Å². The quantitative estimate of drug-likeness (QED) is 0.735. The summed E-state index contributed by atoms with van der Waals surface area (Å²) in [7, 11) is 0. The van der Waals surface area contributed by atoms with Crippen LogP contribution in [-0.2, 0) is 0 Å². The van der Waals surface area contributed by atoms with E-state index in [0.29, 0.717) is 6.54 Å². The van der Waals surface area contributed by atoms with Gasteiger partial charge >= 0.3 is 0 Å². The molecule has 0 unspecified atom stereocenters. The molecule has 0 radical (unpaired) electrons. The molecule has 2 heterocycles. The first-order valence-corrected chi connectivity index (χ1v) is 5.31. The van der Waals surface area contributed by atoms with Gasteiger partial charge in [-0.05, 0) is 25.0 Å². The third kappa shape index (κ3) is 2.27. The Hall–Kier alpha value is -1.13. The lowest BCUT2D eigenvalue weighted by Crippen LogP contribution is -2.48. The molecule has 1 fully saturated rings. The summed E-state index contributed by atoms with van der Waals surface area (Å²) < 4.78 is 0. The second-order valence-corrected chi connectivity index (χ2v) is 4.12. The first-order chi connectivity index (χ1) is 7.23. The first kappa shape index (κ1) is 10.4. The first-order valence-electron chi connectivity index (χ1n) is 5.31. The molecule has 0 atom stereocenters. The summed E-state index contributed by atoms with van der Waals surface area (Å²) in [6, 6.07) is 3.99. The van der Waals surface area contributed by atoms with Crippen LogP contribution in [0.4, 0.5) is 5.69 Å². The molecule has 0 saturated carbocycles. The Morgan fingerprint density at radius 3 is 2.47 bits per heavy atom. The van der Waals surface area contributed by atoms with Crippen molar-refractivity contribution in [2.75, 3.05) is 24.5 Å². The van der Waals surface area contributed by atoms with E-state index in [-0.39, 0.29) is 0 Å². The van der Waals surface area contributed by atoms with Gasteiger partial charge in [0.2, 0.25) is 0 Å². The standard InChI is InChI=1S/C11H17N3O/c12-9-11(15)3-7-14(8-4-11)10-1-5-13-6-2-10/h1-2,5-6,15H,3-4,7-9,12H2. The summed E-state index contributed by atoms with van der Waals surface area (Å²) in [6.07, 6.45) is 5.07. The van der Waals surface area contributed by atoms with Crippen LogP contribution < -0.4 is 10.6 Å². The van der Waals surface area contributed by atoms with E-state index in [1.165, 1.54) is 5.69 Å². The molecule has 0 aromatic carbocycles. The summed E-state index contributed by atoms with van der Waals surface area (Å²) >= 11 is 0. The number of aromatic nitrogens is 1. The molecule has 4 nitrogen and oxygen atoms in total. The average molecular weight is 207 g/mol. The third-order valence-corrected chi connectivity index (χ3v) is 3.10. The van der Waals surface area contributed by atoms with Gasteiger partial charge in [0.1, 0.15) is 0 Å². The molecular weight excluding hydrogens is 190 g/mol. The minimum atomic E-state index is -0.649. The Morgan fingerprint density at radius 1 is 1.33 bits per heavy atom. The van der Waals surface area contributed by atoms with Gasteiger partial charge in [0, 0.05) is 37.7 Å². The Kier molecular flexibility index (Phi) is 2.88. The van der Waals surface area contributed by atoms with Crippen molar-refractivity contribution < 1.29 is 5.11 Å². The minimum absolute atomic E-state index is 0.358. The van der Waals surface area contributed by atoms with Gasteiger partial charge < -0.3 is 15.7 Å². The molecule has 1 aromatic rings. The van der Waals surface area contributed by atoms with Crippen molar-refractivity contribution in [3.8, 4) is 0 Å². The summed E-state index contributed by atoms with van der Waals surface area (Å²) in [5.41, 5.74) is 6.06. The van der Waals surface area contributed by atoms with Gasteiger partial charge in [-0.3, -0.25) is 4.98 Å². The third-order valence-electron chi connectivity index (χ3n) is 3.10. The van der Waals surface area contributed by atoms with Gasteiger partial charge in [0.15, 0.2) is 0 Å². The van der Waals surface area contributed by atoms with Crippen molar-refractivity contribution in [2.45, 2.75) is 18.4 Å². The Labute approximate surface area is 89.7 Å². The summed E-state index contributed by atoms with van der Waals surface area (Å²) in [5.74, 6) is 0. The number of nitrogens with zero attached hydrogens (tertiary/aromatic N) is 2. The van der Waals surface area contributed by atoms with E-state index in [2.05, 4.69) is 9.88 Å². The van der Waals surface area contributed by atoms with Crippen LogP contribution in [-0.4, -0.2) is 35.3 Å². The molecule has 15 heavy (non-hydrogen) atoms. The monoisotopic (exact) mass is 207 g/mol. The molecule has 1 saturated heterocycles. The molecule has 3 N–H and O–H groups in total. The van der Waals surface area contributed by atoms with Gasteiger partial charge in [0.25, 0.3) is 0 Å². The fraction of sp³-hybridized carbons (Fsp3) is 0.545. The second kappa shape index (κ2) is 4.16. The number of pyridine rings is 1. The van der Waals surface area contributed by atoms with E-state index in [4.69, 9.17) is 5.73 Å². The zero-order valence-corrected chi connectivity index (χ0v) is 8.76. The zero-order valence-electron chi connectivity index (χ0n) is 8.76. The number of piperidine rings is 1. The van der Waals surface area contributed by atoms with Crippen molar-refractivity contribution in [1.82, 2.24) is 4.98 Å². The van der Waals surface area contributed by atoms with Crippen LogP contribution in [0.25, 0.3) is 0 Å². The molecular formula is C11H17N3O. The largest absolute Gasteiger partial charge is 0.388 e. The number of aliphatic hydroxyl groups is 1. The van der Waals surface area contributed by atoms with Gasteiger partial charge in [-0.15, -0.1) is 0 Å². The van der Waals surface area contributed by atoms with Gasteiger partial charge in [0.05, 0.1) is 5.60 Å². The molecule has 82 valence electrons. The molecule has 1 aliphatic heterocycles. The van der Waals surface area contributed by atoms with E-state index in [1.54, 1.807) is 12.4 Å². The number of hydrogen-bond donors (Lipinski definition) is 2. The van der Waals surface area contributed by atoms with E-state index in [9.17, 15) is 5.11 Å². The maximum Gasteiger partial charge on any atom is 0.0803 e. The highest BCUT2D eigenvalue weighted by molar-refractivity contribution is 5.45. The highest BCUT2D eigenvalue weighted by Gasteiger charge is 2.30. The lowest BCUT2D eigenvalue weighted by molar-refractivity contribution is 0.0250. The normalized spacial score (nSPS) is 20.3. The SMILES string of the molecule is NCC1(O)CCN(c2ccncc2)CC1. The fourth-order valence-corrected chi connectivity index (χ4v) is 1.94. The second-order valence-electron chi connectivity index (χ2n) is 4.12. The molecule has 0 bridgehead atoms. The summed E-state index contributed by atoms with van der Waals surface area (Å²) in [5, 5.41) is 9.98. The van der Waals surface area contributed by atoms with Crippen LogP contribution in [0.5, 0.6) is 0 Å². The van der Waals surface area contributed by atoms with E-state index in [1.807, 2.05) is 12.1 Å². The Bertz CT molecular complexity index is 307. The zero-order chi connectivity index (χ0) is 10.7. The molecule has 0 amide bonds. The smallest absolute Gasteiger partial charge is 0.0803 e. The Balaban J connectivity index is 2.00. The van der Waals surface area contributed by atoms with Crippen molar-refractivity contribution in [2.24, 2.45) is 5.73 Å². The van der Waals surface area contributed by atoms with E-state index >= 15 is 0 Å². The number of nitrogens with two attached hydrogens (primary N) is 1. The van der Waals surface area contributed by atoms with Crippen molar-refractivity contribution in [3.63, 3.8) is 0 Å². The van der Waals surface area contributed by atoms with Crippen LogP contribution in [0.1, 0.15) is 12.8 Å². The molecule has 1 aromatic heterocycles. The highest BCUT2D eigenvalue weighted by atomic mass is 16.3. The number of rotatable bonds is 2. The van der Waals surface area contributed by atoms with Gasteiger partial charge in [-0.25, -0.2) is 0 Å². The molecule has 1 aliphatic rings. The van der Waals surface area contributed by atoms with Gasteiger partial charge in [-0.2, -0.15) is 0 Å². The molecule has 4 heteroatoms. The molecule has 0 aliphatic carbocycles. The average Bonchev–Trinajstić information content (AvgIpc) is 2.31. The van der Waals surface area contributed by atoms with E-state index < -0.39 is 5.60 Å². The van der Waals surface area contributed by atoms with Crippen LogP contribution in [0.15, 0.2) is 24.5 Å². The Morgan fingerprint density at radius 2 is 1.93 bits per heavy atom. The number of hydrogen-bond acceptors (Lipinski definition) is 4. The minimum Gasteiger partial charge on any atom is -0.388 e. The van der Waals surface area contributed by atoms with Gasteiger partial charge in [-0.1, -0.05) is 0 Å². The molecule has 0 spiro atoms. The van der Waals surface area contributed by atoms with Crippen LogP contribution in [0.2, 0.25) is 0 Å². The maximum atomic E-state index is 9.98. The highest BCUT2D eigenvalue weighted by Crippen LogP contribution is 2.24. The maximum absolute atomic E-state index is 9.98. The summed E-state index contributed by atoms with van der Waals surface area (Å²) in [4.78, 5) is 6.24. The lowest BCUT2D eigenvalue weighted by Gasteiger charge is -2.38. The predicted molar refractivity (Wildman–Crippen MR) is 59.7 cm³/mol. The van der Waals surface area contributed by atoms with Crippen LogP contribution >= 0.6 is 0 Å². The van der Waals surface area contributed by atoms with Crippen molar-refractivity contribution in [1.29, 1.82) is 0 Å². The van der Waals surface area contributed by atoms with Crippen molar-refractivity contribution in [3.05, 3.63) is 24.5 Å². The fourth-order valence-electron chi connectivity index (χ4n) is 1.94. The number of anilines is 1. The van der Waals surface area contributed by atoms with Crippen molar-refractivity contribution >= 4 is 5.69 Å². The van der Waals surface area contributed by atoms with Crippen LogP contribution in [0.3, 0.4) is 0 Å². The predicted octanol–water partition coefficient (Wildman–Crippen LogP) is 0.372. The molecule has 2 rings (SSSR count). The topological polar surface area (TPSA) is 62.4 Å². The van der Waals surface area contributed by atoms with Crippen LogP contribution in [0, 0.1) is 0 Å².